The van der Waals surface area contributed by atoms with Gasteiger partial charge in [-0.15, -0.1) is 11.3 Å². The molecule has 2 aromatic rings. The van der Waals surface area contributed by atoms with Crippen molar-refractivity contribution in [2.24, 2.45) is 5.73 Å². The van der Waals surface area contributed by atoms with Crippen LogP contribution >= 0.6 is 11.3 Å². The molecule has 0 bridgehead atoms. The van der Waals surface area contributed by atoms with Crippen LogP contribution in [0, 0.1) is 5.82 Å². The zero-order chi connectivity index (χ0) is 13.5. The molecule has 1 aromatic carbocycles. The number of halogens is 1. The Balaban J connectivity index is 1.85. The lowest BCUT2D eigenvalue weighted by atomic mass is 9.94. The number of aromatic nitrogens is 1. The van der Waals surface area contributed by atoms with E-state index in [4.69, 9.17) is 5.73 Å². The van der Waals surface area contributed by atoms with Crippen molar-refractivity contribution in [3.05, 3.63) is 51.2 Å². The van der Waals surface area contributed by atoms with Crippen molar-refractivity contribution in [2.45, 2.75) is 38.1 Å². The number of fused-ring (bicyclic) bond motifs is 1. The summed E-state index contributed by atoms with van der Waals surface area (Å²) in [5.41, 5.74) is 8.02. The van der Waals surface area contributed by atoms with Crippen LogP contribution in [0.2, 0.25) is 0 Å². The molecule has 4 heteroatoms. The predicted octanol–water partition coefficient (Wildman–Crippen LogP) is 3.19. The number of thiazole rings is 1. The van der Waals surface area contributed by atoms with Gasteiger partial charge in [0.15, 0.2) is 0 Å². The van der Waals surface area contributed by atoms with Gasteiger partial charge in [-0.2, -0.15) is 0 Å². The van der Waals surface area contributed by atoms with Gasteiger partial charge in [-0.25, -0.2) is 9.37 Å². The standard InChI is InChI=1S/C15H17FN2S/c1-15(17,9-10-4-2-5-11(16)8-10)14-18-12-6-3-7-13(12)19-14/h2,4-5,8H,3,6-7,9,17H2,1H3. The Morgan fingerprint density at radius 2 is 2.26 bits per heavy atom. The second kappa shape index (κ2) is 4.69. The van der Waals surface area contributed by atoms with Crippen LogP contribution in [0.15, 0.2) is 24.3 Å². The molecule has 1 atom stereocenters. The van der Waals surface area contributed by atoms with Gasteiger partial charge in [-0.05, 0) is 50.3 Å². The third-order valence-corrected chi connectivity index (χ3v) is 4.98. The highest BCUT2D eigenvalue weighted by Crippen LogP contribution is 2.33. The molecule has 1 unspecified atom stereocenters. The molecule has 19 heavy (non-hydrogen) atoms. The van der Waals surface area contributed by atoms with E-state index in [0.717, 1.165) is 23.4 Å². The van der Waals surface area contributed by atoms with Crippen molar-refractivity contribution in [1.29, 1.82) is 0 Å². The third kappa shape index (κ3) is 2.55. The summed E-state index contributed by atoms with van der Waals surface area (Å²) in [6.45, 7) is 1.98. The molecular weight excluding hydrogens is 259 g/mol. The maximum Gasteiger partial charge on any atom is 0.123 e. The van der Waals surface area contributed by atoms with E-state index in [1.54, 1.807) is 23.5 Å². The lowest BCUT2D eigenvalue weighted by molar-refractivity contribution is 0.485. The molecule has 2 N–H and O–H groups in total. The lowest BCUT2D eigenvalue weighted by Crippen LogP contribution is -2.35. The molecule has 2 nitrogen and oxygen atoms in total. The van der Waals surface area contributed by atoms with E-state index in [9.17, 15) is 4.39 Å². The van der Waals surface area contributed by atoms with Gasteiger partial charge in [0, 0.05) is 4.88 Å². The van der Waals surface area contributed by atoms with Crippen LogP contribution in [0.3, 0.4) is 0 Å². The molecular formula is C15H17FN2S. The van der Waals surface area contributed by atoms with E-state index in [0.29, 0.717) is 6.42 Å². The summed E-state index contributed by atoms with van der Waals surface area (Å²) in [6, 6.07) is 6.64. The Morgan fingerprint density at radius 3 is 3.00 bits per heavy atom. The minimum Gasteiger partial charge on any atom is -0.319 e. The average molecular weight is 276 g/mol. The predicted molar refractivity (Wildman–Crippen MR) is 75.8 cm³/mol. The van der Waals surface area contributed by atoms with Gasteiger partial charge in [0.2, 0.25) is 0 Å². The van der Waals surface area contributed by atoms with Crippen molar-refractivity contribution < 1.29 is 4.39 Å². The molecule has 0 spiro atoms. The summed E-state index contributed by atoms with van der Waals surface area (Å²) in [7, 11) is 0. The highest BCUT2D eigenvalue weighted by Gasteiger charge is 2.28. The first-order valence-electron chi connectivity index (χ1n) is 6.57. The molecule has 3 rings (SSSR count). The molecule has 0 amide bonds. The number of hydrogen-bond donors (Lipinski definition) is 1. The van der Waals surface area contributed by atoms with Crippen LogP contribution < -0.4 is 5.73 Å². The Morgan fingerprint density at radius 1 is 1.42 bits per heavy atom. The number of aryl methyl sites for hydroxylation is 2. The second-order valence-corrected chi connectivity index (χ2v) is 6.55. The van der Waals surface area contributed by atoms with E-state index < -0.39 is 5.54 Å². The zero-order valence-corrected chi connectivity index (χ0v) is 11.8. The molecule has 0 aliphatic heterocycles. The molecule has 100 valence electrons. The molecule has 1 aliphatic carbocycles. The Bertz CT molecular complexity index is 582. The van der Waals surface area contributed by atoms with Gasteiger partial charge < -0.3 is 5.73 Å². The fraction of sp³-hybridized carbons (Fsp3) is 0.400. The Labute approximate surface area is 116 Å². The zero-order valence-electron chi connectivity index (χ0n) is 10.9. The fourth-order valence-electron chi connectivity index (χ4n) is 2.58. The van der Waals surface area contributed by atoms with Crippen molar-refractivity contribution >= 4 is 11.3 Å². The van der Waals surface area contributed by atoms with E-state index >= 15 is 0 Å². The van der Waals surface area contributed by atoms with Crippen molar-refractivity contribution in [1.82, 2.24) is 4.98 Å². The van der Waals surface area contributed by atoms with Crippen molar-refractivity contribution in [2.75, 3.05) is 0 Å². The van der Waals surface area contributed by atoms with E-state index in [1.165, 1.54) is 23.1 Å². The number of nitrogens with zero attached hydrogens (tertiary/aromatic N) is 1. The van der Waals surface area contributed by atoms with Gasteiger partial charge in [0.25, 0.3) is 0 Å². The maximum atomic E-state index is 13.2. The van der Waals surface area contributed by atoms with Crippen LogP contribution in [0.4, 0.5) is 4.39 Å². The number of nitrogens with two attached hydrogens (primary N) is 1. The lowest BCUT2D eigenvalue weighted by Gasteiger charge is -2.22. The SMILES string of the molecule is CC(N)(Cc1cccc(F)c1)c1nc2c(s1)CCC2. The summed E-state index contributed by atoms with van der Waals surface area (Å²) in [5.74, 6) is -0.213. The van der Waals surface area contributed by atoms with Gasteiger partial charge >= 0.3 is 0 Å². The summed E-state index contributed by atoms with van der Waals surface area (Å²) in [6.07, 6.45) is 4.02. The number of rotatable bonds is 3. The average Bonchev–Trinajstić information content (AvgIpc) is 2.87. The van der Waals surface area contributed by atoms with Gasteiger partial charge in [0.1, 0.15) is 10.8 Å². The monoisotopic (exact) mass is 276 g/mol. The van der Waals surface area contributed by atoms with Crippen molar-refractivity contribution in [3.63, 3.8) is 0 Å². The summed E-state index contributed by atoms with van der Waals surface area (Å²) < 4.78 is 13.2. The van der Waals surface area contributed by atoms with E-state index in [-0.39, 0.29) is 5.82 Å². The highest BCUT2D eigenvalue weighted by molar-refractivity contribution is 7.12. The van der Waals surface area contributed by atoms with Gasteiger partial charge in [0.05, 0.1) is 11.2 Å². The number of benzene rings is 1. The maximum absolute atomic E-state index is 13.2. The van der Waals surface area contributed by atoms with E-state index in [2.05, 4.69) is 4.98 Å². The molecule has 1 heterocycles. The third-order valence-electron chi connectivity index (χ3n) is 3.54. The summed E-state index contributed by atoms with van der Waals surface area (Å²) in [4.78, 5) is 6.06. The largest absolute Gasteiger partial charge is 0.319 e. The topological polar surface area (TPSA) is 38.9 Å². The second-order valence-electron chi connectivity index (χ2n) is 5.47. The van der Waals surface area contributed by atoms with Crippen LogP contribution in [0.5, 0.6) is 0 Å². The van der Waals surface area contributed by atoms with Crippen molar-refractivity contribution in [3.8, 4) is 0 Å². The summed E-state index contributed by atoms with van der Waals surface area (Å²) in [5, 5.41) is 0.974. The minimum atomic E-state index is -0.525. The number of hydrogen-bond acceptors (Lipinski definition) is 3. The van der Waals surface area contributed by atoms with E-state index in [1.807, 2.05) is 13.0 Å². The van der Waals surface area contributed by atoms with Crippen LogP contribution in [-0.4, -0.2) is 4.98 Å². The quantitative estimate of drug-likeness (QED) is 0.935. The Kier molecular flexibility index (Phi) is 3.15. The first-order chi connectivity index (χ1) is 9.04. The molecule has 1 aliphatic rings. The first kappa shape index (κ1) is 12.8. The van der Waals surface area contributed by atoms with Gasteiger partial charge in [-0.3, -0.25) is 0 Å². The smallest absolute Gasteiger partial charge is 0.123 e. The Hall–Kier alpha value is -1.26. The van der Waals surface area contributed by atoms with Gasteiger partial charge in [-0.1, -0.05) is 12.1 Å². The fourth-order valence-corrected chi connectivity index (χ4v) is 3.79. The molecule has 0 fully saturated rings. The molecule has 0 radical (unpaired) electrons. The summed E-state index contributed by atoms with van der Waals surface area (Å²) >= 11 is 1.72. The van der Waals surface area contributed by atoms with Crippen LogP contribution in [0.25, 0.3) is 0 Å². The molecule has 0 saturated heterocycles. The van der Waals surface area contributed by atoms with Crippen LogP contribution in [0.1, 0.15) is 34.5 Å². The normalized spacial score (nSPS) is 17.2. The minimum absolute atomic E-state index is 0.213. The van der Waals surface area contributed by atoms with Crippen LogP contribution in [-0.2, 0) is 24.8 Å². The first-order valence-corrected chi connectivity index (χ1v) is 7.39. The molecule has 0 saturated carbocycles. The molecule has 1 aromatic heterocycles. The highest BCUT2D eigenvalue weighted by atomic mass is 32.1.